The summed E-state index contributed by atoms with van der Waals surface area (Å²) >= 11 is 5.93. The number of halogens is 1. The van der Waals surface area contributed by atoms with Gasteiger partial charge in [-0.15, -0.1) is 0 Å². The van der Waals surface area contributed by atoms with Crippen LogP contribution in [0.25, 0.3) is 0 Å². The molecule has 2 rings (SSSR count). The Morgan fingerprint density at radius 3 is 2.43 bits per heavy atom. The van der Waals surface area contributed by atoms with Crippen LogP contribution in [-0.2, 0) is 11.2 Å². The number of ether oxygens (including phenoxy) is 2. The Hall–Kier alpha value is -2.53. The van der Waals surface area contributed by atoms with Gasteiger partial charge in [0.1, 0.15) is 0 Å². The van der Waals surface area contributed by atoms with Crippen LogP contribution in [0, 0.1) is 0 Å². The maximum absolute atomic E-state index is 12.9. The number of benzene rings is 2. The minimum atomic E-state index is -1.04. The molecule has 0 aliphatic carbocycles. The molecule has 5 nitrogen and oxygen atoms in total. The van der Waals surface area contributed by atoms with Crippen molar-refractivity contribution in [2.45, 2.75) is 6.42 Å². The van der Waals surface area contributed by atoms with Crippen molar-refractivity contribution in [1.29, 1.82) is 0 Å². The van der Waals surface area contributed by atoms with Gasteiger partial charge < -0.3 is 14.6 Å². The number of carbonyl (C=O) groups is 2. The molecular formula is C17H15ClO5. The third-order valence-electron chi connectivity index (χ3n) is 3.29. The number of carboxylic acid groups (broad SMARTS) is 1. The van der Waals surface area contributed by atoms with Crippen LogP contribution in [0.4, 0.5) is 0 Å². The number of ketones is 1. The fourth-order valence-corrected chi connectivity index (χ4v) is 2.49. The second-order valence-electron chi connectivity index (χ2n) is 4.75. The van der Waals surface area contributed by atoms with Gasteiger partial charge in [0.2, 0.25) is 0 Å². The minimum Gasteiger partial charge on any atom is -0.493 e. The van der Waals surface area contributed by atoms with Gasteiger partial charge in [0.25, 0.3) is 0 Å². The number of rotatable bonds is 6. The maximum Gasteiger partial charge on any atom is 0.307 e. The summed E-state index contributed by atoms with van der Waals surface area (Å²) in [6.07, 6.45) is -0.304. The molecule has 0 aromatic heterocycles. The summed E-state index contributed by atoms with van der Waals surface area (Å²) < 4.78 is 10.5. The summed E-state index contributed by atoms with van der Waals surface area (Å²) in [5, 5.41) is 9.49. The average molecular weight is 335 g/mol. The van der Waals surface area contributed by atoms with Gasteiger partial charge in [-0.1, -0.05) is 29.8 Å². The van der Waals surface area contributed by atoms with Gasteiger partial charge in [0.05, 0.1) is 26.2 Å². The number of carboxylic acids is 1. The fraction of sp³-hybridized carbons (Fsp3) is 0.176. The monoisotopic (exact) mass is 334 g/mol. The van der Waals surface area contributed by atoms with Crippen LogP contribution in [0.2, 0.25) is 5.02 Å². The summed E-state index contributed by atoms with van der Waals surface area (Å²) in [6.45, 7) is 0. The lowest BCUT2D eigenvalue weighted by Gasteiger charge is -2.15. The van der Waals surface area contributed by atoms with E-state index in [-0.39, 0.29) is 23.5 Å². The van der Waals surface area contributed by atoms with Crippen molar-refractivity contribution < 1.29 is 24.2 Å². The highest BCUT2D eigenvalue weighted by atomic mass is 35.5. The topological polar surface area (TPSA) is 72.8 Å². The predicted octanol–water partition coefficient (Wildman–Crippen LogP) is 3.22. The maximum atomic E-state index is 12.9. The zero-order chi connectivity index (χ0) is 17.0. The first kappa shape index (κ1) is 16.8. The van der Waals surface area contributed by atoms with Crippen molar-refractivity contribution >= 4 is 23.4 Å². The Labute approximate surface area is 138 Å². The van der Waals surface area contributed by atoms with E-state index in [1.165, 1.54) is 20.3 Å². The Morgan fingerprint density at radius 2 is 1.87 bits per heavy atom. The highest BCUT2D eigenvalue weighted by Crippen LogP contribution is 2.35. The zero-order valence-electron chi connectivity index (χ0n) is 12.6. The van der Waals surface area contributed by atoms with E-state index in [0.29, 0.717) is 21.9 Å². The zero-order valence-corrected chi connectivity index (χ0v) is 13.4. The second kappa shape index (κ2) is 7.15. The molecule has 1 N–H and O–H groups in total. The van der Waals surface area contributed by atoms with E-state index in [1.54, 1.807) is 30.3 Å². The van der Waals surface area contributed by atoms with Crippen LogP contribution in [0.15, 0.2) is 36.4 Å². The Morgan fingerprint density at radius 1 is 1.13 bits per heavy atom. The molecule has 2 aromatic carbocycles. The normalized spacial score (nSPS) is 10.2. The Bertz CT molecular complexity index is 755. The van der Waals surface area contributed by atoms with Crippen molar-refractivity contribution in [3.05, 3.63) is 58.1 Å². The van der Waals surface area contributed by atoms with Gasteiger partial charge in [-0.25, -0.2) is 0 Å². The SMILES string of the molecule is COc1ccc(CC(=O)O)c(C(=O)c2cccc(Cl)c2)c1OC. The molecule has 0 fully saturated rings. The number of carbonyl (C=O) groups excluding carboxylic acids is 1. The van der Waals surface area contributed by atoms with Gasteiger partial charge in [-0.3, -0.25) is 9.59 Å². The van der Waals surface area contributed by atoms with Crippen LogP contribution < -0.4 is 9.47 Å². The van der Waals surface area contributed by atoms with E-state index >= 15 is 0 Å². The van der Waals surface area contributed by atoms with Gasteiger partial charge in [-0.05, 0) is 23.8 Å². The minimum absolute atomic E-state index is 0.163. The van der Waals surface area contributed by atoms with Crippen LogP contribution >= 0.6 is 11.6 Å². The molecule has 2 aromatic rings. The molecule has 0 saturated carbocycles. The van der Waals surface area contributed by atoms with Crippen LogP contribution in [0.1, 0.15) is 21.5 Å². The molecule has 0 radical (unpaired) electrons. The lowest BCUT2D eigenvalue weighted by Crippen LogP contribution is -2.12. The molecule has 0 atom stereocenters. The average Bonchev–Trinajstić information content (AvgIpc) is 2.53. The second-order valence-corrected chi connectivity index (χ2v) is 5.18. The van der Waals surface area contributed by atoms with Crippen molar-refractivity contribution in [2.24, 2.45) is 0 Å². The van der Waals surface area contributed by atoms with E-state index in [0.717, 1.165) is 0 Å². The molecule has 0 spiro atoms. The van der Waals surface area contributed by atoms with Crippen molar-refractivity contribution in [3.8, 4) is 11.5 Å². The molecular weight excluding hydrogens is 320 g/mol. The lowest BCUT2D eigenvalue weighted by atomic mass is 9.95. The van der Waals surface area contributed by atoms with Gasteiger partial charge in [0, 0.05) is 10.6 Å². The number of methoxy groups -OCH3 is 2. The van der Waals surface area contributed by atoms with E-state index in [2.05, 4.69) is 0 Å². The summed E-state index contributed by atoms with van der Waals surface area (Å²) in [7, 11) is 2.85. The molecule has 0 saturated heterocycles. The van der Waals surface area contributed by atoms with E-state index in [9.17, 15) is 9.59 Å². The van der Waals surface area contributed by atoms with Crippen LogP contribution in [-0.4, -0.2) is 31.1 Å². The van der Waals surface area contributed by atoms with E-state index < -0.39 is 5.97 Å². The smallest absolute Gasteiger partial charge is 0.307 e. The number of hydrogen-bond donors (Lipinski definition) is 1. The summed E-state index contributed by atoms with van der Waals surface area (Å²) in [5.41, 5.74) is 0.854. The highest BCUT2D eigenvalue weighted by Gasteiger charge is 2.23. The molecule has 23 heavy (non-hydrogen) atoms. The van der Waals surface area contributed by atoms with Crippen molar-refractivity contribution in [2.75, 3.05) is 14.2 Å². The van der Waals surface area contributed by atoms with Crippen LogP contribution in [0.5, 0.6) is 11.5 Å². The predicted molar refractivity (Wildman–Crippen MR) is 85.8 cm³/mol. The summed E-state index contributed by atoms with van der Waals surface area (Å²) in [6, 6.07) is 9.56. The molecule has 0 aliphatic heterocycles. The third-order valence-corrected chi connectivity index (χ3v) is 3.52. The first-order chi connectivity index (χ1) is 11.0. The third kappa shape index (κ3) is 3.63. The lowest BCUT2D eigenvalue weighted by molar-refractivity contribution is -0.136. The van der Waals surface area contributed by atoms with Crippen molar-refractivity contribution in [3.63, 3.8) is 0 Å². The fourth-order valence-electron chi connectivity index (χ4n) is 2.30. The quantitative estimate of drug-likeness (QED) is 0.821. The first-order valence-corrected chi connectivity index (χ1v) is 7.11. The van der Waals surface area contributed by atoms with E-state index in [1.807, 2.05) is 0 Å². The van der Waals surface area contributed by atoms with Crippen LogP contribution in [0.3, 0.4) is 0 Å². The molecule has 120 valence electrons. The number of hydrogen-bond acceptors (Lipinski definition) is 4. The van der Waals surface area contributed by atoms with Gasteiger partial charge >= 0.3 is 5.97 Å². The highest BCUT2D eigenvalue weighted by molar-refractivity contribution is 6.31. The van der Waals surface area contributed by atoms with Gasteiger partial charge in [-0.2, -0.15) is 0 Å². The molecule has 0 amide bonds. The molecule has 0 heterocycles. The molecule has 6 heteroatoms. The standard InChI is InChI=1S/C17H15ClO5/c1-22-13-7-6-10(9-14(19)20)15(17(13)23-2)16(21)11-4-3-5-12(18)8-11/h3-8H,9H2,1-2H3,(H,19,20). The van der Waals surface area contributed by atoms with E-state index in [4.69, 9.17) is 26.2 Å². The Balaban J connectivity index is 2.65. The first-order valence-electron chi connectivity index (χ1n) is 6.73. The van der Waals surface area contributed by atoms with Crippen molar-refractivity contribution in [1.82, 2.24) is 0 Å². The Kier molecular flexibility index (Phi) is 5.24. The summed E-state index contributed by atoms with van der Waals surface area (Å²) in [5.74, 6) is -0.861. The number of aliphatic carboxylic acids is 1. The molecule has 0 bridgehead atoms. The molecule has 0 aliphatic rings. The van der Waals surface area contributed by atoms with Gasteiger partial charge in [0.15, 0.2) is 17.3 Å². The molecule has 0 unspecified atom stereocenters. The summed E-state index contributed by atoms with van der Waals surface area (Å²) in [4.78, 5) is 23.9. The largest absolute Gasteiger partial charge is 0.493 e.